The van der Waals surface area contributed by atoms with E-state index in [1.165, 1.54) is 87.1 Å². The third-order valence-corrected chi connectivity index (χ3v) is 5.99. The zero-order chi connectivity index (χ0) is 20.9. The number of aromatic carboxylic acids is 1. The lowest BCUT2D eigenvalue weighted by Crippen LogP contribution is -2.01. The molecule has 0 saturated heterocycles. The summed E-state index contributed by atoms with van der Waals surface area (Å²) >= 11 is 0. The molecule has 0 aromatic heterocycles. The molecular formula is C27H40O2. The lowest BCUT2D eigenvalue weighted by Gasteiger charge is -2.14. The van der Waals surface area contributed by atoms with Gasteiger partial charge in [0, 0.05) is 0 Å². The van der Waals surface area contributed by atoms with Crippen LogP contribution in [0.25, 0.3) is 10.8 Å². The van der Waals surface area contributed by atoms with Gasteiger partial charge in [0.2, 0.25) is 0 Å². The molecule has 0 bridgehead atoms. The minimum absolute atomic E-state index is 0.426. The highest BCUT2D eigenvalue weighted by atomic mass is 16.4. The molecular weight excluding hydrogens is 356 g/mol. The zero-order valence-electron chi connectivity index (χ0n) is 18.6. The summed E-state index contributed by atoms with van der Waals surface area (Å²) in [4.78, 5) is 11.6. The summed E-state index contributed by atoms with van der Waals surface area (Å²) in [6, 6.07) is 10.2. The fraction of sp³-hybridized carbons (Fsp3) is 0.593. The Morgan fingerprint density at radius 2 is 1.28 bits per heavy atom. The van der Waals surface area contributed by atoms with Crippen LogP contribution >= 0.6 is 0 Å². The van der Waals surface area contributed by atoms with Crippen LogP contribution in [0, 0.1) is 0 Å². The first-order chi connectivity index (χ1) is 14.2. The molecule has 0 aliphatic carbocycles. The smallest absolute Gasteiger partial charge is 0.335 e. The highest BCUT2D eigenvalue weighted by Crippen LogP contribution is 2.28. The molecule has 2 aromatic carbocycles. The van der Waals surface area contributed by atoms with Crippen LogP contribution in [-0.4, -0.2) is 11.1 Å². The van der Waals surface area contributed by atoms with E-state index in [2.05, 4.69) is 32.0 Å². The number of hydrogen-bond donors (Lipinski definition) is 1. The van der Waals surface area contributed by atoms with Crippen molar-refractivity contribution in [3.05, 3.63) is 47.0 Å². The molecule has 0 fully saturated rings. The second-order valence-corrected chi connectivity index (χ2v) is 8.49. The van der Waals surface area contributed by atoms with Crippen LogP contribution < -0.4 is 0 Å². The number of carbonyl (C=O) groups is 1. The lowest BCUT2D eigenvalue weighted by molar-refractivity contribution is 0.0697. The molecule has 29 heavy (non-hydrogen) atoms. The molecule has 2 nitrogen and oxygen atoms in total. The van der Waals surface area contributed by atoms with Gasteiger partial charge in [0.05, 0.1) is 5.56 Å². The Morgan fingerprint density at radius 3 is 1.86 bits per heavy atom. The van der Waals surface area contributed by atoms with Crippen molar-refractivity contribution < 1.29 is 9.90 Å². The minimum Gasteiger partial charge on any atom is -0.478 e. The maximum atomic E-state index is 11.6. The number of carboxylic acid groups (broad SMARTS) is 1. The number of hydrogen-bond acceptors (Lipinski definition) is 1. The van der Waals surface area contributed by atoms with Gasteiger partial charge >= 0.3 is 5.97 Å². The molecule has 2 heteroatoms. The van der Waals surface area contributed by atoms with Crippen molar-refractivity contribution in [1.82, 2.24) is 0 Å². The summed E-state index contributed by atoms with van der Waals surface area (Å²) in [5.74, 6) is -0.822. The zero-order valence-corrected chi connectivity index (χ0v) is 18.6. The molecule has 2 rings (SSSR count). The maximum absolute atomic E-state index is 11.6. The van der Waals surface area contributed by atoms with Gasteiger partial charge in [-0.3, -0.25) is 0 Å². The van der Waals surface area contributed by atoms with Crippen molar-refractivity contribution in [2.24, 2.45) is 0 Å². The summed E-state index contributed by atoms with van der Waals surface area (Å²) in [5, 5.41) is 12.0. The van der Waals surface area contributed by atoms with Crippen molar-refractivity contribution in [1.29, 1.82) is 0 Å². The standard InChI is InChI=1S/C27H40O2/c1-3-5-7-9-11-13-16-22-18-15-19-24-21-25(27(28)29)20-23(26(22)24)17-14-12-10-8-6-4-2/h15,18-21H,3-14,16-17H2,1-2H3,(H,28,29). The summed E-state index contributed by atoms with van der Waals surface area (Å²) in [6.07, 6.45) is 17.5. The Balaban J connectivity index is 2.11. The van der Waals surface area contributed by atoms with Crippen molar-refractivity contribution >= 4 is 16.7 Å². The number of fused-ring (bicyclic) bond motifs is 1. The molecule has 1 N–H and O–H groups in total. The normalized spacial score (nSPS) is 11.2. The van der Waals surface area contributed by atoms with Crippen molar-refractivity contribution in [3.63, 3.8) is 0 Å². The fourth-order valence-corrected chi connectivity index (χ4v) is 4.32. The third-order valence-electron chi connectivity index (χ3n) is 5.99. The largest absolute Gasteiger partial charge is 0.478 e. The van der Waals surface area contributed by atoms with Crippen LogP contribution in [0.2, 0.25) is 0 Å². The highest BCUT2D eigenvalue weighted by Gasteiger charge is 2.12. The minimum atomic E-state index is -0.822. The van der Waals surface area contributed by atoms with E-state index in [1.807, 2.05) is 12.1 Å². The first-order valence-electron chi connectivity index (χ1n) is 11.9. The average molecular weight is 397 g/mol. The molecule has 0 spiro atoms. The van der Waals surface area contributed by atoms with Gasteiger partial charge in [-0.15, -0.1) is 0 Å². The van der Waals surface area contributed by atoms with Gasteiger partial charge in [-0.05, 0) is 59.7 Å². The number of aryl methyl sites for hydroxylation is 2. The van der Waals surface area contributed by atoms with Crippen LogP contribution in [0.1, 0.15) is 112 Å². The molecule has 0 atom stereocenters. The average Bonchev–Trinajstić information content (AvgIpc) is 2.72. The first kappa shape index (κ1) is 23.4. The van der Waals surface area contributed by atoms with Gasteiger partial charge in [0.25, 0.3) is 0 Å². The van der Waals surface area contributed by atoms with Crippen molar-refractivity contribution in [3.8, 4) is 0 Å². The Bertz CT molecular complexity index is 748. The summed E-state index contributed by atoms with van der Waals surface area (Å²) < 4.78 is 0. The van der Waals surface area contributed by atoms with Crippen LogP contribution in [0.15, 0.2) is 30.3 Å². The number of benzene rings is 2. The maximum Gasteiger partial charge on any atom is 0.335 e. The van der Waals surface area contributed by atoms with E-state index < -0.39 is 5.97 Å². The van der Waals surface area contributed by atoms with Crippen molar-refractivity contribution in [2.75, 3.05) is 0 Å². The van der Waals surface area contributed by atoms with E-state index in [4.69, 9.17) is 0 Å². The topological polar surface area (TPSA) is 37.3 Å². The molecule has 2 aromatic rings. The van der Waals surface area contributed by atoms with E-state index in [0.29, 0.717) is 5.56 Å². The van der Waals surface area contributed by atoms with Gasteiger partial charge in [-0.1, -0.05) is 96.3 Å². The second-order valence-electron chi connectivity index (χ2n) is 8.49. The Kier molecular flexibility index (Phi) is 10.8. The monoisotopic (exact) mass is 396 g/mol. The Hall–Kier alpha value is -1.83. The van der Waals surface area contributed by atoms with E-state index >= 15 is 0 Å². The Morgan fingerprint density at radius 1 is 0.724 bits per heavy atom. The van der Waals surface area contributed by atoms with Crippen LogP contribution in [0.5, 0.6) is 0 Å². The Labute approximate surface area is 177 Å². The van der Waals surface area contributed by atoms with E-state index in [1.54, 1.807) is 0 Å². The van der Waals surface area contributed by atoms with Gasteiger partial charge in [-0.2, -0.15) is 0 Å². The SMILES string of the molecule is CCCCCCCCc1cccc2cc(C(=O)O)cc(CCCCCCCC)c12. The van der Waals surface area contributed by atoms with Gasteiger partial charge in [0.15, 0.2) is 0 Å². The summed E-state index contributed by atoms with van der Waals surface area (Å²) in [7, 11) is 0. The molecule has 0 aliphatic rings. The molecule has 0 aliphatic heterocycles. The predicted molar refractivity (Wildman–Crippen MR) is 125 cm³/mol. The van der Waals surface area contributed by atoms with Gasteiger partial charge < -0.3 is 5.11 Å². The molecule has 0 heterocycles. The van der Waals surface area contributed by atoms with Gasteiger partial charge in [-0.25, -0.2) is 4.79 Å². The predicted octanol–water partition coefficient (Wildman–Crippen LogP) is 8.34. The number of rotatable bonds is 15. The third kappa shape index (κ3) is 7.84. The fourth-order valence-electron chi connectivity index (χ4n) is 4.32. The first-order valence-corrected chi connectivity index (χ1v) is 11.9. The molecule has 160 valence electrons. The van der Waals surface area contributed by atoms with Crippen LogP contribution in [-0.2, 0) is 12.8 Å². The second kappa shape index (κ2) is 13.4. The van der Waals surface area contributed by atoms with Gasteiger partial charge in [0.1, 0.15) is 0 Å². The van der Waals surface area contributed by atoms with Crippen molar-refractivity contribution in [2.45, 2.75) is 104 Å². The molecule has 0 saturated carbocycles. The number of unbranched alkanes of at least 4 members (excludes halogenated alkanes) is 10. The van der Waals surface area contributed by atoms with Crippen LogP contribution in [0.3, 0.4) is 0 Å². The summed E-state index contributed by atoms with van der Waals surface area (Å²) in [6.45, 7) is 4.50. The lowest BCUT2D eigenvalue weighted by atomic mass is 9.91. The quantitative estimate of drug-likeness (QED) is 0.307. The highest BCUT2D eigenvalue weighted by molar-refractivity contribution is 5.97. The molecule has 0 radical (unpaired) electrons. The molecule has 0 unspecified atom stereocenters. The molecule has 0 amide bonds. The van der Waals surface area contributed by atoms with Crippen LogP contribution in [0.4, 0.5) is 0 Å². The number of carboxylic acids is 1. The van der Waals surface area contributed by atoms with E-state index in [9.17, 15) is 9.90 Å². The van der Waals surface area contributed by atoms with E-state index in [-0.39, 0.29) is 0 Å². The van der Waals surface area contributed by atoms with E-state index in [0.717, 1.165) is 24.6 Å². The summed E-state index contributed by atoms with van der Waals surface area (Å²) in [5.41, 5.74) is 3.06.